The highest BCUT2D eigenvalue weighted by molar-refractivity contribution is 5.85. The summed E-state index contributed by atoms with van der Waals surface area (Å²) in [6.07, 6.45) is 0. The van der Waals surface area contributed by atoms with Crippen LogP contribution in [0.25, 0.3) is 33.5 Å². The van der Waals surface area contributed by atoms with Gasteiger partial charge in [0.05, 0.1) is 16.6 Å². The summed E-state index contributed by atoms with van der Waals surface area (Å²) in [4.78, 5) is 8.12. The number of aromatic amines is 1. The number of hydrogen-bond acceptors (Lipinski definition) is 2. The third kappa shape index (κ3) is 2.94. The summed E-state index contributed by atoms with van der Waals surface area (Å²) in [6.45, 7) is 3.62. The van der Waals surface area contributed by atoms with Crippen LogP contribution in [0, 0.1) is 0 Å². The Balaban J connectivity index is 1.83. The van der Waals surface area contributed by atoms with Crippen LogP contribution in [0.1, 0.15) is 19.4 Å². The molecule has 0 radical (unpaired) electrons. The number of imidazole rings is 1. The molecule has 0 saturated heterocycles. The van der Waals surface area contributed by atoms with E-state index in [9.17, 15) is 5.11 Å². The Kier molecular flexibility index (Phi) is 3.66. The Morgan fingerprint density at radius 3 is 2.32 bits per heavy atom. The van der Waals surface area contributed by atoms with Gasteiger partial charge < -0.3 is 10.1 Å². The van der Waals surface area contributed by atoms with E-state index in [1.165, 1.54) is 0 Å². The second kappa shape index (κ2) is 5.87. The molecular weight excluding hydrogens is 308 g/mol. The molecule has 1 heterocycles. The van der Waals surface area contributed by atoms with Crippen LogP contribution in [0.3, 0.4) is 0 Å². The summed E-state index contributed by atoms with van der Waals surface area (Å²) < 4.78 is 0. The standard InChI is InChI=1S/C22H20N2O/c1-22(2,25)18-11-7-6-10-17(18)16-12-13-19-20(14-16)24-21(23-19)15-8-4-3-5-9-15/h3-14,25H,1-2H3,(H,23,24). The first-order valence-corrected chi connectivity index (χ1v) is 8.40. The zero-order valence-electron chi connectivity index (χ0n) is 14.3. The third-order valence-corrected chi connectivity index (χ3v) is 4.43. The van der Waals surface area contributed by atoms with Crippen molar-refractivity contribution in [3.8, 4) is 22.5 Å². The van der Waals surface area contributed by atoms with Gasteiger partial charge in [0, 0.05) is 5.56 Å². The molecule has 1 aromatic heterocycles. The predicted octanol–water partition coefficient (Wildman–Crippen LogP) is 5.12. The average molecular weight is 328 g/mol. The molecule has 0 fully saturated rings. The molecule has 3 heteroatoms. The predicted molar refractivity (Wildman–Crippen MR) is 102 cm³/mol. The Morgan fingerprint density at radius 1 is 0.840 bits per heavy atom. The van der Waals surface area contributed by atoms with Crippen LogP contribution in [0.2, 0.25) is 0 Å². The lowest BCUT2D eigenvalue weighted by molar-refractivity contribution is 0.0792. The van der Waals surface area contributed by atoms with Crippen LogP contribution >= 0.6 is 0 Å². The minimum atomic E-state index is -0.897. The molecule has 0 spiro atoms. The highest BCUT2D eigenvalue weighted by Crippen LogP contribution is 2.33. The van der Waals surface area contributed by atoms with E-state index < -0.39 is 5.60 Å². The summed E-state index contributed by atoms with van der Waals surface area (Å²) in [5.41, 5.74) is 5.08. The fraction of sp³-hybridized carbons (Fsp3) is 0.136. The smallest absolute Gasteiger partial charge is 0.138 e. The normalized spacial score (nSPS) is 11.8. The molecule has 4 aromatic rings. The number of nitrogens with one attached hydrogen (secondary N) is 1. The van der Waals surface area contributed by atoms with Gasteiger partial charge in [-0.3, -0.25) is 0 Å². The second-order valence-corrected chi connectivity index (χ2v) is 6.79. The molecule has 4 rings (SSSR count). The van der Waals surface area contributed by atoms with Crippen molar-refractivity contribution in [2.75, 3.05) is 0 Å². The van der Waals surface area contributed by atoms with Gasteiger partial charge in [-0.2, -0.15) is 0 Å². The van der Waals surface area contributed by atoms with Gasteiger partial charge in [0.2, 0.25) is 0 Å². The molecular formula is C22H20N2O. The van der Waals surface area contributed by atoms with Crippen molar-refractivity contribution in [2.24, 2.45) is 0 Å². The van der Waals surface area contributed by atoms with E-state index in [1.807, 2.05) is 74.5 Å². The van der Waals surface area contributed by atoms with E-state index in [0.29, 0.717) is 0 Å². The molecule has 0 aliphatic heterocycles. The SMILES string of the molecule is CC(C)(O)c1ccccc1-c1ccc2[nH]c(-c3ccccc3)nc2c1. The number of aromatic nitrogens is 2. The number of rotatable bonds is 3. The lowest BCUT2D eigenvalue weighted by Crippen LogP contribution is -2.16. The monoisotopic (exact) mass is 328 g/mol. The summed E-state index contributed by atoms with van der Waals surface area (Å²) in [5.74, 6) is 0.864. The molecule has 0 amide bonds. The van der Waals surface area contributed by atoms with Crippen molar-refractivity contribution >= 4 is 11.0 Å². The van der Waals surface area contributed by atoms with Crippen molar-refractivity contribution in [1.29, 1.82) is 0 Å². The van der Waals surface area contributed by atoms with Gasteiger partial charge in [-0.15, -0.1) is 0 Å². The lowest BCUT2D eigenvalue weighted by atomic mass is 9.89. The molecule has 25 heavy (non-hydrogen) atoms. The van der Waals surface area contributed by atoms with Crippen LogP contribution in [0.4, 0.5) is 0 Å². The van der Waals surface area contributed by atoms with Crippen molar-refractivity contribution < 1.29 is 5.11 Å². The van der Waals surface area contributed by atoms with Crippen LogP contribution in [0.15, 0.2) is 72.8 Å². The van der Waals surface area contributed by atoms with Crippen LogP contribution in [0.5, 0.6) is 0 Å². The minimum absolute atomic E-state index is 0.864. The van der Waals surface area contributed by atoms with E-state index in [-0.39, 0.29) is 0 Å². The topological polar surface area (TPSA) is 48.9 Å². The van der Waals surface area contributed by atoms with E-state index in [0.717, 1.165) is 39.1 Å². The van der Waals surface area contributed by atoms with Crippen molar-refractivity contribution in [1.82, 2.24) is 9.97 Å². The van der Waals surface area contributed by atoms with E-state index in [4.69, 9.17) is 4.98 Å². The lowest BCUT2D eigenvalue weighted by Gasteiger charge is -2.21. The second-order valence-electron chi connectivity index (χ2n) is 6.79. The quantitative estimate of drug-likeness (QED) is 0.548. The van der Waals surface area contributed by atoms with Gasteiger partial charge in [0.25, 0.3) is 0 Å². The molecule has 0 aliphatic rings. The number of aliphatic hydroxyl groups is 1. The van der Waals surface area contributed by atoms with E-state index in [1.54, 1.807) is 0 Å². The van der Waals surface area contributed by atoms with Crippen LogP contribution in [-0.4, -0.2) is 15.1 Å². The first-order valence-electron chi connectivity index (χ1n) is 8.40. The zero-order valence-corrected chi connectivity index (χ0v) is 14.3. The number of nitrogens with zero attached hydrogens (tertiary/aromatic N) is 1. The Labute approximate surface area is 147 Å². The van der Waals surface area contributed by atoms with Crippen molar-refractivity contribution in [3.05, 3.63) is 78.4 Å². The largest absolute Gasteiger partial charge is 0.386 e. The molecule has 3 aromatic carbocycles. The molecule has 0 saturated carbocycles. The zero-order chi connectivity index (χ0) is 17.4. The molecule has 3 nitrogen and oxygen atoms in total. The highest BCUT2D eigenvalue weighted by atomic mass is 16.3. The number of benzene rings is 3. The number of H-pyrrole nitrogens is 1. The summed E-state index contributed by atoms with van der Waals surface area (Å²) >= 11 is 0. The van der Waals surface area contributed by atoms with E-state index in [2.05, 4.69) is 17.1 Å². The van der Waals surface area contributed by atoms with Gasteiger partial charge in [-0.1, -0.05) is 60.7 Å². The fourth-order valence-corrected chi connectivity index (χ4v) is 3.17. The Morgan fingerprint density at radius 2 is 1.56 bits per heavy atom. The van der Waals surface area contributed by atoms with Crippen molar-refractivity contribution in [3.63, 3.8) is 0 Å². The molecule has 0 bridgehead atoms. The van der Waals surface area contributed by atoms with Crippen LogP contribution in [-0.2, 0) is 5.60 Å². The van der Waals surface area contributed by atoms with Gasteiger partial charge in [-0.05, 0) is 42.7 Å². The highest BCUT2D eigenvalue weighted by Gasteiger charge is 2.20. The minimum Gasteiger partial charge on any atom is -0.386 e. The molecule has 124 valence electrons. The number of hydrogen-bond donors (Lipinski definition) is 2. The Bertz CT molecular complexity index is 1030. The first kappa shape index (κ1) is 15.6. The maximum absolute atomic E-state index is 10.5. The third-order valence-electron chi connectivity index (χ3n) is 4.43. The van der Waals surface area contributed by atoms with Gasteiger partial charge in [0.1, 0.15) is 5.82 Å². The maximum Gasteiger partial charge on any atom is 0.138 e. The van der Waals surface area contributed by atoms with Gasteiger partial charge in [0.15, 0.2) is 0 Å². The number of fused-ring (bicyclic) bond motifs is 1. The summed E-state index contributed by atoms with van der Waals surface area (Å²) in [6, 6.07) is 24.3. The Hall–Kier alpha value is -2.91. The average Bonchev–Trinajstić information content (AvgIpc) is 3.05. The van der Waals surface area contributed by atoms with Gasteiger partial charge >= 0.3 is 0 Å². The first-order chi connectivity index (χ1) is 12.0. The van der Waals surface area contributed by atoms with Crippen LogP contribution < -0.4 is 0 Å². The molecule has 0 aliphatic carbocycles. The fourth-order valence-electron chi connectivity index (χ4n) is 3.17. The van der Waals surface area contributed by atoms with E-state index >= 15 is 0 Å². The summed E-state index contributed by atoms with van der Waals surface area (Å²) in [7, 11) is 0. The molecule has 2 N–H and O–H groups in total. The molecule has 0 unspecified atom stereocenters. The summed E-state index contributed by atoms with van der Waals surface area (Å²) in [5, 5.41) is 10.5. The maximum atomic E-state index is 10.5. The molecule has 0 atom stereocenters. The van der Waals surface area contributed by atoms with Crippen molar-refractivity contribution in [2.45, 2.75) is 19.4 Å². The van der Waals surface area contributed by atoms with Gasteiger partial charge in [-0.25, -0.2) is 4.98 Å².